The first-order valence-corrected chi connectivity index (χ1v) is 11.4. The summed E-state index contributed by atoms with van der Waals surface area (Å²) in [6, 6.07) is 12.0. The number of nitrogens with two attached hydrogens (primary N) is 1. The van der Waals surface area contributed by atoms with E-state index < -0.39 is 39.1 Å². The SMILES string of the molecule is NS(=O)(=O)c1ccccc1-c1ccc2[nH]c(/C=C/c3cc(C(F)(F)F)ccc3C(F)(F)F)nc2c1. The summed E-state index contributed by atoms with van der Waals surface area (Å²) in [5.41, 5.74) is -1.48. The second-order valence-corrected chi connectivity index (χ2v) is 9.06. The number of primary sulfonamides is 1. The van der Waals surface area contributed by atoms with E-state index in [-0.39, 0.29) is 10.7 Å². The van der Waals surface area contributed by atoms with E-state index in [1.807, 2.05) is 0 Å². The monoisotopic (exact) mass is 511 g/mol. The summed E-state index contributed by atoms with van der Waals surface area (Å²) in [6.07, 6.45) is -7.64. The molecule has 0 radical (unpaired) electrons. The van der Waals surface area contributed by atoms with Crippen LogP contribution in [0.4, 0.5) is 26.3 Å². The van der Waals surface area contributed by atoms with Gasteiger partial charge >= 0.3 is 12.4 Å². The molecule has 5 nitrogen and oxygen atoms in total. The normalized spacial score (nSPS) is 13.1. The number of hydrogen-bond donors (Lipinski definition) is 2. The molecule has 0 aliphatic carbocycles. The van der Waals surface area contributed by atoms with Gasteiger partial charge in [-0.15, -0.1) is 0 Å². The third-order valence-electron chi connectivity index (χ3n) is 5.11. The summed E-state index contributed by atoms with van der Waals surface area (Å²) in [5.74, 6) is 0.0856. The van der Waals surface area contributed by atoms with Gasteiger partial charge in [-0.3, -0.25) is 0 Å². The lowest BCUT2D eigenvalue weighted by Gasteiger charge is -2.13. The highest BCUT2D eigenvalue weighted by atomic mass is 32.2. The molecule has 35 heavy (non-hydrogen) atoms. The van der Waals surface area contributed by atoms with E-state index in [1.54, 1.807) is 30.3 Å². The van der Waals surface area contributed by atoms with E-state index in [0.717, 1.165) is 12.2 Å². The fourth-order valence-corrected chi connectivity index (χ4v) is 4.29. The molecular formula is C23H15F6N3O2S. The molecule has 1 aromatic heterocycles. The van der Waals surface area contributed by atoms with Crippen molar-refractivity contribution in [2.45, 2.75) is 17.2 Å². The Morgan fingerprint density at radius 1 is 0.857 bits per heavy atom. The molecule has 0 fully saturated rings. The zero-order valence-corrected chi connectivity index (χ0v) is 18.3. The molecule has 0 aliphatic rings. The van der Waals surface area contributed by atoms with Crippen LogP contribution in [0.2, 0.25) is 0 Å². The van der Waals surface area contributed by atoms with E-state index in [2.05, 4.69) is 9.97 Å². The van der Waals surface area contributed by atoms with Gasteiger partial charge in [0.05, 0.1) is 27.1 Å². The van der Waals surface area contributed by atoms with Crippen molar-refractivity contribution in [3.8, 4) is 11.1 Å². The summed E-state index contributed by atoms with van der Waals surface area (Å²) in [6.45, 7) is 0. The topological polar surface area (TPSA) is 88.8 Å². The van der Waals surface area contributed by atoms with Gasteiger partial charge in [-0.05, 0) is 53.6 Å². The minimum absolute atomic E-state index is 0.0856. The van der Waals surface area contributed by atoms with Crippen LogP contribution in [-0.4, -0.2) is 18.4 Å². The van der Waals surface area contributed by atoms with Crippen LogP contribution < -0.4 is 5.14 Å². The van der Waals surface area contributed by atoms with Crippen molar-refractivity contribution in [2.75, 3.05) is 0 Å². The number of alkyl halides is 6. The van der Waals surface area contributed by atoms with Gasteiger partial charge < -0.3 is 4.98 Å². The Balaban J connectivity index is 1.74. The van der Waals surface area contributed by atoms with Gasteiger partial charge in [0.2, 0.25) is 10.0 Å². The molecule has 3 aromatic carbocycles. The number of benzene rings is 3. The minimum Gasteiger partial charge on any atom is -0.338 e. The quantitative estimate of drug-likeness (QED) is 0.325. The van der Waals surface area contributed by atoms with Crippen molar-refractivity contribution in [1.29, 1.82) is 0 Å². The molecular weight excluding hydrogens is 496 g/mol. The van der Waals surface area contributed by atoms with Gasteiger partial charge in [-0.1, -0.05) is 30.3 Å². The molecule has 4 rings (SSSR count). The maximum absolute atomic E-state index is 13.3. The summed E-state index contributed by atoms with van der Waals surface area (Å²) >= 11 is 0. The molecule has 1 heterocycles. The van der Waals surface area contributed by atoms with Gasteiger partial charge in [0.15, 0.2) is 0 Å². The first-order chi connectivity index (χ1) is 16.2. The number of aromatic amines is 1. The van der Waals surface area contributed by atoms with E-state index in [9.17, 15) is 34.8 Å². The number of fused-ring (bicyclic) bond motifs is 1. The number of hydrogen-bond acceptors (Lipinski definition) is 3. The zero-order valence-electron chi connectivity index (χ0n) is 17.4. The number of rotatable bonds is 4. The first-order valence-electron chi connectivity index (χ1n) is 9.82. The highest BCUT2D eigenvalue weighted by Crippen LogP contribution is 2.37. The Labute approximate surface area is 195 Å². The summed E-state index contributed by atoms with van der Waals surface area (Å²) in [4.78, 5) is 6.99. The predicted octanol–water partition coefficient (Wildman–Crippen LogP) is 6.09. The highest BCUT2D eigenvalue weighted by molar-refractivity contribution is 7.89. The van der Waals surface area contributed by atoms with Crippen LogP contribution >= 0.6 is 0 Å². The predicted molar refractivity (Wildman–Crippen MR) is 118 cm³/mol. The molecule has 0 atom stereocenters. The molecule has 0 saturated carbocycles. The Kier molecular flexibility index (Phi) is 5.97. The Hall–Kier alpha value is -3.64. The van der Waals surface area contributed by atoms with Crippen molar-refractivity contribution in [3.63, 3.8) is 0 Å². The molecule has 0 saturated heterocycles. The number of halogens is 6. The van der Waals surface area contributed by atoms with Crippen LogP contribution in [0.15, 0.2) is 65.6 Å². The number of aromatic nitrogens is 2. The third-order valence-corrected chi connectivity index (χ3v) is 6.08. The molecule has 0 aliphatic heterocycles. The molecule has 0 amide bonds. The smallest absolute Gasteiger partial charge is 0.338 e. The van der Waals surface area contributed by atoms with Gasteiger partial charge in [0, 0.05) is 5.56 Å². The molecule has 12 heteroatoms. The summed E-state index contributed by atoms with van der Waals surface area (Å²) < 4.78 is 103. The third kappa shape index (κ3) is 5.23. The van der Waals surface area contributed by atoms with Crippen LogP contribution in [0.5, 0.6) is 0 Å². The summed E-state index contributed by atoms with van der Waals surface area (Å²) in [7, 11) is -4.01. The zero-order chi connectivity index (χ0) is 25.6. The minimum atomic E-state index is -4.86. The summed E-state index contributed by atoms with van der Waals surface area (Å²) in [5, 5.41) is 5.28. The van der Waals surface area contributed by atoms with Crippen molar-refractivity contribution in [1.82, 2.24) is 9.97 Å². The Bertz CT molecular complexity index is 1550. The fourth-order valence-electron chi connectivity index (χ4n) is 3.53. The molecule has 182 valence electrons. The van der Waals surface area contributed by atoms with Crippen LogP contribution in [0, 0.1) is 0 Å². The molecule has 0 unspecified atom stereocenters. The second-order valence-electron chi connectivity index (χ2n) is 7.53. The molecule has 4 aromatic rings. The number of nitrogens with one attached hydrogen (secondary N) is 1. The Morgan fingerprint density at radius 2 is 1.57 bits per heavy atom. The second kappa shape index (κ2) is 8.54. The van der Waals surface area contributed by atoms with Crippen molar-refractivity contribution >= 4 is 33.2 Å². The maximum atomic E-state index is 13.3. The fraction of sp³-hybridized carbons (Fsp3) is 0.0870. The lowest BCUT2D eigenvalue weighted by molar-refractivity contribution is -0.141. The Morgan fingerprint density at radius 3 is 2.23 bits per heavy atom. The standard InChI is InChI=1S/C23H15F6N3O2S/c24-22(25,26)15-7-8-17(23(27,28)29)14(11-15)6-10-21-31-18-9-5-13(12-19(18)32-21)16-3-1-2-4-20(16)35(30,33)34/h1-12H,(H,31,32)(H2,30,33,34)/b10-6+. The van der Waals surface area contributed by atoms with E-state index in [0.29, 0.717) is 40.4 Å². The average molecular weight is 511 g/mol. The lowest BCUT2D eigenvalue weighted by atomic mass is 10.0. The molecule has 0 bridgehead atoms. The number of nitrogens with zero attached hydrogens (tertiary/aromatic N) is 1. The van der Waals surface area contributed by atoms with Crippen LogP contribution in [0.25, 0.3) is 34.3 Å². The van der Waals surface area contributed by atoms with E-state index >= 15 is 0 Å². The number of imidazole rings is 1. The van der Waals surface area contributed by atoms with Gasteiger partial charge in [0.1, 0.15) is 5.82 Å². The van der Waals surface area contributed by atoms with E-state index in [1.165, 1.54) is 12.1 Å². The number of H-pyrrole nitrogens is 1. The largest absolute Gasteiger partial charge is 0.416 e. The van der Waals surface area contributed by atoms with Crippen LogP contribution in [-0.2, 0) is 22.4 Å². The van der Waals surface area contributed by atoms with Gasteiger partial charge in [0.25, 0.3) is 0 Å². The van der Waals surface area contributed by atoms with Crippen molar-refractivity contribution < 1.29 is 34.8 Å². The van der Waals surface area contributed by atoms with Gasteiger partial charge in [-0.2, -0.15) is 26.3 Å². The van der Waals surface area contributed by atoms with Crippen molar-refractivity contribution in [2.24, 2.45) is 5.14 Å². The van der Waals surface area contributed by atoms with Crippen LogP contribution in [0.3, 0.4) is 0 Å². The first kappa shape index (κ1) is 24.5. The van der Waals surface area contributed by atoms with Gasteiger partial charge in [-0.25, -0.2) is 18.5 Å². The van der Waals surface area contributed by atoms with Crippen molar-refractivity contribution in [3.05, 3.63) is 83.2 Å². The van der Waals surface area contributed by atoms with Crippen LogP contribution in [0.1, 0.15) is 22.5 Å². The molecule has 0 spiro atoms. The molecule has 3 N–H and O–H groups in total. The highest BCUT2D eigenvalue weighted by Gasteiger charge is 2.36. The number of sulfonamides is 1. The lowest BCUT2D eigenvalue weighted by Crippen LogP contribution is -2.13. The van der Waals surface area contributed by atoms with E-state index in [4.69, 9.17) is 5.14 Å². The average Bonchev–Trinajstić information content (AvgIpc) is 3.18. The maximum Gasteiger partial charge on any atom is 0.416 e.